The zero-order valence-electron chi connectivity index (χ0n) is 52.7. The Kier molecular flexibility index (Phi) is 20.8. The van der Waals surface area contributed by atoms with Crippen molar-refractivity contribution < 1.29 is 79.8 Å². The molecule has 1 aromatic heterocycles. The first-order valence-electron chi connectivity index (χ1n) is 30.7. The fourth-order valence-corrected chi connectivity index (χ4v) is 12.5. The molecule has 3 saturated heterocycles. The third-order valence-electron chi connectivity index (χ3n) is 16.5. The zero-order chi connectivity index (χ0) is 67.2. The van der Waals surface area contributed by atoms with E-state index in [0.29, 0.717) is 55.5 Å². The van der Waals surface area contributed by atoms with Gasteiger partial charge in [-0.1, -0.05) is 54.7 Å². The van der Waals surface area contributed by atoms with Gasteiger partial charge in [-0.05, 0) is 151 Å². The Hall–Kier alpha value is -9.11. The van der Waals surface area contributed by atoms with Crippen molar-refractivity contribution in [3.05, 3.63) is 119 Å². The minimum absolute atomic E-state index is 0.0279. The molecule has 0 aliphatic carbocycles. The van der Waals surface area contributed by atoms with Crippen LogP contribution in [0.25, 0.3) is 22.0 Å². The second-order valence-electron chi connectivity index (χ2n) is 25.4. The van der Waals surface area contributed by atoms with Gasteiger partial charge in [-0.15, -0.1) is 0 Å². The number of nitrogens with one attached hydrogen (secondary N) is 5. The Morgan fingerprint density at radius 3 is 2.02 bits per heavy atom. The number of rotatable bonds is 20. The summed E-state index contributed by atoms with van der Waals surface area (Å²) in [5.74, 6) is 1.18. The molecule has 5 aromatic rings. The van der Waals surface area contributed by atoms with Crippen molar-refractivity contribution in [1.29, 1.82) is 0 Å². The number of halogens is 2. The van der Waals surface area contributed by atoms with E-state index in [9.17, 15) is 52.5 Å². The SMILES string of the molecule is CC(=O)N1CC[C@H]2CC[C@@H](C(=O)Nc3ccc(-c4ccc(NC(=O)CCCCCC#Cc5cccc6c5CN(C5CCC(=O)NC5=O)C6=O)cc4)cc3)N2C(=O)[C@@H](NC(=O)c2cc3cc(C(F)(F)P(=O)(OCOC(=O)C(C)(C)C)OCOC(=O)C(C)(C)C)ccc3[nH]2)C1. The molecule has 4 atom stereocenters. The molecule has 4 aliphatic heterocycles. The fraction of sp³-hybridized carbons (Fsp3) is 0.433. The molecule has 26 heteroatoms. The van der Waals surface area contributed by atoms with E-state index in [4.69, 9.17) is 18.5 Å². The molecule has 4 aromatic carbocycles. The van der Waals surface area contributed by atoms with E-state index >= 15 is 8.78 Å². The van der Waals surface area contributed by atoms with Crippen LogP contribution in [0.4, 0.5) is 20.2 Å². The standard InChI is InChI=1S/C67H75F2N8O15P/c1-40(78)75-33-32-48-27-29-55(77(48)62(85)53(37-75)73-58(81)52-35-44-34-45(22-28-51(44)72-52)67(68,69)93(88,91-38-89-63(86)65(2,3)4)92-39-90-64(87)66(5,6)7)60(83)71-47-25-20-42(21-26-47)41-18-23-46(24-19-41)70-56(79)17-12-10-8-9-11-14-43-15-13-16-49-50(43)36-76(61(49)84)54-30-31-57(80)74-59(54)82/h13,15-16,18-26,28,34-35,48,53-55,72H,8-10,12,17,27,29-33,36-39H2,1-7H3,(H,70,79)(H,71,83)(H,73,81)(H,74,80,82)/t48-,53+,54?,55+/m1/s1. The summed E-state index contributed by atoms with van der Waals surface area (Å²) in [6.45, 7) is 8.17. The zero-order valence-corrected chi connectivity index (χ0v) is 53.6. The first-order valence-corrected chi connectivity index (χ1v) is 32.3. The lowest BCUT2D eigenvalue weighted by Crippen LogP contribution is -2.60. The highest BCUT2D eigenvalue weighted by Gasteiger charge is 2.56. The first-order chi connectivity index (χ1) is 44.0. The molecule has 93 heavy (non-hydrogen) atoms. The molecule has 0 radical (unpaired) electrons. The summed E-state index contributed by atoms with van der Waals surface area (Å²) in [6.07, 6.45) is 4.66. The van der Waals surface area contributed by atoms with Crippen LogP contribution >= 0.6 is 7.60 Å². The van der Waals surface area contributed by atoms with E-state index in [2.05, 4.69) is 38.1 Å². The monoisotopic (exact) mass is 1300 g/mol. The minimum Gasteiger partial charge on any atom is -0.438 e. The molecule has 9 rings (SSSR count). The topological polar surface area (TPSA) is 298 Å². The Bertz CT molecular complexity index is 3830. The van der Waals surface area contributed by atoms with Gasteiger partial charge in [0.1, 0.15) is 23.8 Å². The van der Waals surface area contributed by atoms with Gasteiger partial charge in [0.25, 0.3) is 11.8 Å². The molecular formula is C67H75F2N8O15P. The van der Waals surface area contributed by atoms with Crippen LogP contribution in [0.5, 0.6) is 0 Å². The van der Waals surface area contributed by atoms with Crippen molar-refractivity contribution in [2.75, 3.05) is 37.3 Å². The number of alkyl halides is 2. The number of hydrogen-bond acceptors (Lipinski definition) is 15. The summed E-state index contributed by atoms with van der Waals surface area (Å²) in [6, 6.07) is 20.5. The number of benzene rings is 4. The van der Waals surface area contributed by atoms with Crippen molar-refractivity contribution in [3.8, 4) is 23.0 Å². The predicted molar refractivity (Wildman–Crippen MR) is 336 cm³/mol. The van der Waals surface area contributed by atoms with Gasteiger partial charge >= 0.3 is 25.2 Å². The van der Waals surface area contributed by atoms with E-state index in [1.54, 1.807) is 36.4 Å². The summed E-state index contributed by atoms with van der Waals surface area (Å²) in [4.78, 5) is 138. The number of carbonyl (C=O) groups is 10. The van der Waals surface area contributed by atoms with Gasteiger partial charge in [0.05, 0.1) is 10.8 Å². The third-order valence-corrected chi connectivity index (χ3v) is 18.4. The van der Waals surface area contributed by atoms with Crippen molar-refractivity contribution >= 4 is 89.1 Å². The van der Waals surface area contributed by atoms with Crippen molar-refractivity contribution in [2.45, 2.75) is 149 Å². The quantitative estimate of drug-likeness (QED) is 0.0121. The molecular weight excluding hydrogens is 1230 g/mol. The van der Waals surface area contributed by atoms with Crippen LogP contribution in [-0.4, -0.2) is 130 Å². The summed E-state index contributed by atoms with van der Waals surface area (Å²) < 4.78 is 66.9. The van der Waals surface area contributed by atoms with Gasteiger partial charge in [0.2, 0.25) is 49.0 Å². The molecule has 1 unspecified atom stereocenters. The normalized spacial score (nSPS) is 18.5. The molecule has 0 spiro atoms. The molecule has 0 bridgehead atoms. The van der Waals surface area contributed by atoms with E-state index in [1.165, 1.54) is 75.3 Å². The number of esters is 2. The number of ether oxygens (including phenoxy) is 2. The maximum absolute atomic E-state index is 16.5. The van der Waals surface area contributed by atoms with Crippen LogP contribution < -0.4 is 21.3 Å². The lowest BCUT2D eigenvalue weighted by atomic mass is 9.98. The lowest BCUT2D eigenvalue weighted by Gasteiger charge is -2.38. The Labute approximate surface area is 536 Å². The number of anilines is 2. The number of aromatic amines is 1. The molecule has 5 heterocycles. The largest absolute Gasteiger partial charge is 0.438 e. The van der Waals surface area contributed by atoms with Crippen LogP contribution in [0.2, 0.25) is 0 Å². The second-order valence-corrected chi connectivity index (χ2v) is 27.5. The molecule has 4 aliphatic rings. The Morgan fingerprint density at radius 1 is 0.753 bits per heavy atom. The molecule has 8 amide bonds. The number of amides is 8. The van der Waals surface area contributed by atoms with Gasteiger partial charge in [0.15, 0.2) is 0 Å². The summed E-state index contributed by atoms with van der Waals surface area (Å²) in [7, 11) is -5.68. The van der Waals surface area contributed by atoms with Crippen molar-refractivity contribution in [2.24, 2.45) is 10.8 Å². The Morgan fingerprint density at radius 2 is 1.40 bits per heavy atom. The van der Waals surface area contributed by atoms with Crippen LogP contribution in [0.15, 0.2) is 91.0 Å². The highest BCUT2D eigenvalue weighted by Crippen LogP contribution is 2.67. The molecule has 23 nitrogen and oxygen atoms in total. The van der Waals surface area contributed by atoms with E-state index in [1.807, 2.05) is 30.3 Å². The molecule has 0 saturated carbocycles. The van der Waals surface area contributed by atoms with Gasteiger partial charge in [-0.3, -0.25) is 66.9 Å². The van der Waals surface area contributed by atoms with Crippen molar-refractivity contribution in [3.63, 3.8) is 0 Å². The highest BCUT2D eigenvalue weighted by atomic mass is 31.2. The Balaban J connectivity index is 0.771. The first kappa shape index (κ1) is 68.3. The number of fused-ring (bicyclic) bond motifs is 3. The third kappa shape index (κ3) is 16.0. The van der Waals surface area contributed by atoms with Crippen LogP contribution in [0.1, 0.15) is 150 Å². The van der Waals surface area contributed by atoms with Gasteiger partial charge in [-0.2, -0.15) is 8.78 Å². The second kappa shape index (κ2) is 28.4. The number of nitrogens with zero attached hydrogens (tertiary/aromatic N) is 3. The van der Waals surface area contributed by atoms with E-state index in [-0.39, 0.29) is 72.7 Å². The van der Waals surface area contributed by atoms with E-state index in [0.717, 1.165) is 47.2 Å². The number of hydrogen-bond donors (Lipinski definition) is 5. The minimum atomic E-state index is -5.68. The lowest BCUT2D eigenvalue weighted by molar-refractivity contribution is -0.163. The summed E-state index contributed by atoms with van der Waals surface area (Å²) in [5, 5.41) is 10.9. The van der Waals surface area contributed by atoms with Crippen LogP contribution in [-0.2, 0) is 73.7 Å². The summed E-state index contributed by atoms with van der Waals surface area (Å²) in [5.41, 5.74) is -2.77. The smallest absolute Gasteiger partial charge is 0.410 e. The number of imide groups is 1. The summed E-state index contributed by atoms with van der Waals surface area (Å²) >= 11 is 0. The number of piperidine rings is 1. The maximum Gasteiger partial charge on any atom is 0.410 e. The highest BCUT2D eigenvalue weighted by molar-refractivity contribution is 7.54. The van der Waals surface area contributed by atoms with Crippen LogP contribution in [0, 0.1) is 22.7 Å². The van der Waals surface area contributed by atoms with Gasteiger partial charge in [-0.25, -0.2) is 0 Å². The van der Waals surface area contributed by atoms with Crippen LogP contribution in [0.3, 0.4) is 0 Å². The number of carbonyl (C=O) groups excluding carboxylic acids is 10. The number of H-pyrrole nitrogens is 1. The van der Waals surface area contributed by atoms with Crippen molar-refractivity contribution in [1.82, 2.24) is 30.3 Å². The predicted octanol–water partition coefficient (Wildman–Crippen LogP) is 9.25. The molecule has 3 fully saturated rings. The average molecular weight is 1300 g/mol. The van der Waals surface area contributed by atoms with Gasteiger partial charge < -0.3 is 45.1 Å². The maximum atomic E-state index is 16.5. The molecule has 492 valence electrons. The number of unbranched alkanes of at least 4 members (excludes halogenated alkanes) is 3. The van der Waals surface area contributed by atoms with E-state index < -0.39 is 103 Å². The average Bonchev–Trinajstić information content (AvgIpc) is 1.76. The molecule has 5 N–H and O–H groups in total. The van der Waals surface area contributed by atoms with Gasteiger partial charge in [0, 0.05) is 90.8 Å². The fourth-order valence-electron chi connectivity index (χ4n) is 11.3. The number of aromatic nitrogens is 1.